The lowest BCUT2D eigenvalue weighted by Crippen LogP contribution is -2.26. The fraction of sp³-hybridized carbons (Fsp3) is 0.412. The standard InChI is InChI=1S/C17H18F2N2O5S/c1-3-17(18,19)14-8-15(22)20-16-21(14)9-12(26-16)10-25-27(23,24)13-6-4-11(2)5-7-13/h4-8,12H,3,9-10H2,1-2H3/t12-/m0/s1. The van der Waals surface area contributed by atoms with Crippen molar-refractivity contribution < 1.29 is 26.1 Å². The Hall–Kier alpha value is -2.33. The van der Waals surface area contributed by atoms with Crippen molar-refractivity contribution in [1.82, 2.24) is 9.55 Å². The molecule has 0 aliphatic carbocycles. The summed E-state index contributed by atoms with van der Waals surface area (Å²) in [6.45, 7) is 2.61. The minimum atomic E-state index is -4.02. The van der Waals surface area contributed by atoms with Crippen molar-refractivity contribution in [3.05, 3.63) is 51.9 Å². The number of hydrogen-bond acceptors (Lipinski definition) is 6. The van der Waals surface area contributed by atoms with E-state index in [4.69, 9.17) is 8.92 Å². The molecule has 1 aromatic carbocycles. The molecule has 0 unspecified atom stereocenters. The Balaban J connectivity index is 1.76. The molecule has 2 heterocycles. The molecule has 0 amide bonds. The molecule has 1 aliphatic rings. The van der Waals surface area contributed by atoms with E-state index in [2.05, 4.69) is 4.98 Å². The van der Waals surface area contributed by atoms with Crippen LogP contribution in [0.15, 0.2) is 40.0 Å². The van der Waals surface area contributed by atoms with Crippen LogP contribution in [-0.2, 0) is 26.8 Å². The second-order valence-corrected chi connectivity index (χ2v) is 7.84. The molecule has 1 atom stereocenters. The quantitative estimate of drug-likeness (QED) is 0.691. The van der Waals surface area contributed by atoms with E-state index >= 15 is 0 Å². The van der Waals surface area contributed by atoms with E-state index in [1.54, 1.807) is 12.1 Å². The van der Waals surface area contributed by atoms with Gasteiger partial charge in [0.05, 0.1) is 17.1 Å². The van der Waals surface area contributed by atoms with Crippen LogP contribution in [0.3, 0.4) is 0 Å². The van der Waals surface area contributed by atoms with Crippen LogP contribution in [0.25, 0.3) is 0 Å². The van der Waals surface area contributed by atoms with Crippen molar-refractivity contribution in [3.63, 3.8) is 0 Å². The summed E-state index contributed by atoms with van der Waals surface area (Å²) in [4.78, 5) is 15.1. The number of fused-ring (bicyclic) bond motifs is 1. The average molecular weight is 400 g/mol. The van der Waals surface area contributed by atoms with Gasteiger partial charge in [-0.15, -0.1) is 0 Å². The van der Waals surface area contributed by atoms with Gasteiger partial charge in [-0.3, -0.25) is 13.5 Å². The van der Waals surface area contributed by atoms with Crippen molar-refractivity contribution >= 4 is 10.1 Å². The maximum atomic E-state index is 14.1. The van der Waals surface area contributed by atoms with Crippen molar-refractivity contribution in [3.8, 4) is 6.01 Å². The third-order valence-corrected chi connectivity index (χ3v) is 5.48. The summed E-state index contributed by atoms with van der Waals surface area (Å²) in [5.41, 5.74) is -0.467. The Kier molecular flexibility index (Phi) is 5.04. The number of ether oxygens (including phenoxy) is 1. The van der Waals surface area contributed by atoms with Gasteiger partial charge in [0.15, 0.2) is 0 Å². The van der Waals surface area contributed by atoms with Crippen LogP contribution in [0, 0.1) is 6.92 Å². The minimum Gasteiger partial charge on any atom is -0.457 e. The lowest BCUT2D eigenvalue weighted by molar-refractivity contribution is -0.0169. The molecule has 0 N–H and O–H groups in total. The molecule has 0 spiro atoms. The maximum absolute atomic E-state index is 14.1. The Morgan fingerprint density at radius 2 is 2.00 bits per heavy atom. The van der Waals surface area contributed by atoms with Crippen LogP contribution < -0.4 is 10.3 Å². The molecule has 146 valence electrons. The van der Waals surface area contributed by atoms with Gasteiger partial charge in [0.25, 0.3) is 21.6 Å². The predicted octanol–water partition coefficient (Wildman–Crippen LogP) is 2.22. The zero-order valence-corrected chi connectivity index (χ0v) is 15.5. The maximum Gasteiger partial charge on any atom is 0.300 e. The number of nitrogens with zero attached hydrogens (tertiary/aromatic N) is 2. The summed E-state index contributed by atoms with van der Waals surface area (Å²) in [5.74, 6) is -3.23. The van der Waals surface area contributed by atoms with E-state index in [0.717, 1.165) is 16.2 Å². The molecular formula is C17H18F2N2O5S. The number of rotatable bonds is 6. The molecule has 0 fully saturated rings. The summed E-state index contributed by atoms with van der Waals surface area (Å²) < 4.78 is 64.1. The summed E-state index contributed by atoms with van der Waals surface area (Å²) in [7, 11) is -4.02. The Morgan fingerprint density at radius 1 is 1.33 bits per heavy atom. The lowest BCUT2D eigenvalue weighted by atomic mass is 10.1. The highest BCUT2D eigenvalue weighted by Gasteiger charge is 2.38. The summed E-state index contributed by atoms with van der Waals surface area (Å²) in [5, 5.41) is 0. The molecular weight excluding hydrogens is 382 g/mol. The highest BCUT2D eigenvalue weighted by Crippen LogP contribution is 2.34. The summed E-state index contributed by atoms with van der Waals surface area (Å²) >= 11 is 0. The molecule has 27 heavy (non-hydrogen) atoms. The van der Waals surface area contributed by atoms with E-state index in [1.807, 2.05) is 6.92 Å². The Morgan fingerprint density at radius 3 is 2.63 bits per heavy atom. The highest BCUT2D eigenvalue weighted by atomic mass is 32.2. The number of aryl methyl sites for hydroxylation is 1. The zero-order chi connectivity index (χ0) is 19.8. The van der Waals surface area contributed by atoms with Crippen molar-refractivity contribution in [2.45, 2.75) is 43.7 Å². The van der Waals surface area contributed by atoms with Gasteiger partial charge in [0.1, 0.15) is 12.7 Å². The van der Waals surface area contributed by atoms with Crippen LogP contribution in [0.4, 0.5) is 8.78 Å². The van der Waals surface area contributed by atoms with E-state index in [0.29, 0.717) is 0 Å². The second-order valence-electron chi connectivity index (χ2n) is 6.22. The van der Waals surface area contributed by atoms with Crippen LogP contribution >= 0.6 is 0 Å². The molecule has 1 aliphatic heterocycles. The Bertz CT molecular complexity index is 1000. The monoisotopic (exact) mass is 400 g/mol. The van der Waals surface area contributed by atoms with Crippen LogP contribution in [0.2, 0.25) is 0 Å². The number of alkyl halides is 2. The van der Waals surface area contributed by atoms with Crippen molar-refractivity contribution in [2.24, 2.45) is 0 Å². The molecule has 1 aromatic heterocycles. The van der Waals surface area contributed by atoms with E-state index in [-0.39, 0.29) is 17.5 Å². The van der Waals surface area contributed by atoms with E-state index < -0.39 is 46.4 Å². The third-order valence-electron chi connectivity index (χ3n) is 4.18. The van der Waals surface area contributed by atoms with Crippen molar-refractivity contribution in [1.29, 1.82) is 0 Å². The van der Waals surface area contributed by atoms with Gasteiger partial charge in [-0.1, -0.05) is 24.6 Å². The molecule has 0 radical (unpaired) electrons. The molecule has 2 aromatic rings. The van der Waals surface area contributed by atoms with Crippen LogP contribution in [0.5, 0.6) is 6.01 Å². The molecule has 3 rings (SSSR count). The van der Waals surface area contributed by atoms with Gasteiger partial charge >= 0.3 is 6.01 Å². The normalized spacial score (nSPS) is 16.8. The molecule has 0 bridgehead atoms. The largest absolute Gasteiger partial charge is 0.457 e. The first-order chi connectivity index (χ1) is 12.6. The fourth-order valence-electron chi connectivity index (χ4n) is 2.65. The van der Waals surface area contributed by atoms with Gasteiger partial charge in [0, 0.05) is 12.5 Å². The van der Waals surface area contributed by atoms with Gasteiger partial charge in [-0.25, -0.2) is 0 Å². The molecule has 0 saturated carbocycles. The van der Waals surface area contributed by atoms with Gasteiger partial charge in [-0.2, -0.15) is 22.2 Å². The van der Waals surface area contributed by atoms with Gasteiger partial charge in [-0.05, 0) is 19.1 Å². The zero-order valence-electron chi connectivity index (χ0n) is 14.7. The first kappa shape index (κ1) is 19.4. The topological polar surface area (TPSA) is 87.5 Å². The fourth-order valence-corrected chi connectivity index (χ4v) is 3.59. The van der Waals surface area contributed by atoms with Crippen molar-refractivity contribution in [2.75, 3.05) is 6.61 Å². The molecule has 10 heteroatoms. The minimum absolute atomic E-state index is 0.0190. The number of hydrogen-bond donors (Lipinski definition) is 0. The first-order valence-corrected chi connectivity index (χ1v) is 9.66. The Labute approximate surface area is 154 Å². The first-order valence-electron chi connectivity index (χ1n) is 8.25. The second kappa shape index (κ2) is 7.01. The average Bonchev–Trinajstić information content (AvgIpc) is 3.02. The molecule has 7 nitrogen and oxygen atoms in total. The van der Waals surface area contributed by atoms with Crippen LogP contribution in [0.1, 0.15) is 24.6 Å². The number of aromatic nitrogens is 2. The van der Waals surface area contributed by atoms with Crippen LogP contribution in [-0.4, -0.2) is 30.7 Å². The summed E-state index contributed by atoms with van der Waals surface area (Å²) in [6, 6.07) is 6.58. The van der Waals surface area contributed by atoms with E-state index in [9.17, 15) is 22.0 Å². The van der Waals surface area contributed by atoms with Gasteiger partial charge in [0.2, 0.25) is 0 Å². The summed E-state index contributed by atoms with van der Waals surface area (Å²) in [6.07, 6.45) is -1.37. The third kappa shape index (κ3) is 4.01. The lowest BCUT2D eigenvalue weighted by Gasteiger charge is -2.17. The predicted molar refractivity (Wildman–Crippen MR) is 91.4 cm³/mol. The number of halogens is 2. The van der Waals surface area contributed by atoms with Gasteiger partial charge < -0.3 is 4.74 Å². The molecule has 0 saturated heterocycles. The van der Waals surface area contributed by atoms with E-state index in [1.165, 1.54) is 19.1 Å². The number of benzene rings is 1. The highest BCUT2D eigenvalue weighted by molar-refractivity contribution is 7.86. The smallest absolute Gasteiger partial charge is 0.300 e. The SMILES string of the molecule is CCC(F)(F)c1cc(=O)nc2n1C[C@@H](COS(=O)(=O)c1ccc(C)cc1)O2.